The molecule has 2 N–H and O–H groups in total. The van der Waals surface area contributed by atoms with Crippen molar-refractivity contribution in [2.45, 2.75) is 18.9 Å². The van der Waals surface area contributed by atoms with Crippen molar-refractivity contribution in [3.05, 3.63) is 30.1 Å². The van der Waals surface area contributed by atoms with Crippen molar-refractivity contribution in [2.75, 3.05) is 6.54 Å². The van der Waals surface area contributed by atoms with E-state index in [9.17, 15) is 9.59 Å². The summed E-state index contributed by atoms with van der Waals surface area (Å²) in [6.07, 6.45) is 5.17. The predicted octanol–water partition coefficient (Wildman–Crippen LogP) is 0.0900. The summed E-state index contributed by atoms with van der Waals surface area (Å²) in [5.41, 5.74) is 0.509. The van der Waals surface area contributed by atoms with Crippen LogP contribution in [0, 0.1) is 0 Å². The number of rotatable bonds is 4. The number of hydrogen-bond donors (Lipinski definition) is 2. The molecule has 1 aromatic rings. The van der Waals surface area contributed by atoms with E-state index >= 15 is 0 Å². The minimum Gasteiger partial charge on any atom is -0.352 e. The highest BCUT2D eigenvalue weighted by Gasteiger charge is 2.23. The van der Waals surface area contributed by atoms with Crippen LogP contribution in [0.15, 0.2) is 24.5 Å². The number of hydrogen-bond acceptors (Lipinski definition) is 3. The van der Waals surface area contributed by atoms with Crippen LogP contribution in [0.25, 0.3) is 0 Å². The first-order valence-corrected chi connectivity index (χ1v) is 5.23. The third-order valence-electron chi connectivity index (χ3n) is 2.29. The molecule has 2 amide bonds. The molecular weight excluding hydrogens is 206 g/mol. The van der Waals surface area contributed by atoms with Crippen molar-refractivity contribution < 1.29 is 9.59 Å². The normalized spacial score (nSPS) is 14.2. The van der Waals surface area contributed by atoms with Crippen molar-refractivity contribution >= 4 is 11.8 Å². The second kappa shape index (κ2) is 4.74. The van der Waals surface area contributed by atoms with E-state index < -0.39 is 0 Å². The Bertz CT molecular complexity index is 387. The van der Waals surface area contributed by atoms with Crippen LogP contribution in [-0.4, -0.2) is 29.4 Å². The van der Waals surface area contributed by atoms with Gasteiger partial charge in [0.15, 0.2) is 0 Å². The SMILES string of the molecule is O=C(CNC(=O)c1ccncc1)NC1CC1. The molecule has 5 heteroatoms. The highest BCUT2D eigenvalue weighted by Crippen LogP contribution is 2.18. The molecule has 1 aliphatic rings. The van der Waals surface area contributed by atoms with Crippen LogP contribution in [0.3, 0.4) is 0 Å². The van der Waals surface area contributed by atoms with Crippen LogP contribution in [0.2, 0.25) is 0 Å². The van der Waals surface area contributed by atoms with Crippen molar-refractivity contribution in [2.24, 2.45) is 0 Å². The van der Waals surface area contributed by atoms with Gasteiger partial charge in [0.05, 0.1) is 6.54 Å². The molecule has 2 rings (SSSR count). The molecule has 16 heavy (non-hydrogen) atoms. The summed E-state index contributed by atoms with van der Waals surface area (Å²) in [6.45, 7) is 0.0255. The molecule has 0 radical (unpaired) electrons. The number of aromatic nitrogens is 1. The predicted molar refractivity (Wildman–Crippen MR) is 57.7 cm³/mol. The zero-order valence-electron chi connectivity index (χ0n) is 8.77. The lowest BCUT2D eigenvalue weighted by molar-refractivity contribution is -0.120. The van der Waals surface area contributed by atoms with Gasteiger partial charge in [0.25, 0.3) is 5.91 Å². The molecule has 0 atom stereocenters. The highest BCUT2D eigenvalue weighted by molar-refractivity contribution is 5.96. The number of nitrogens with one attached hydrogen (secondary N) is 2. The quantitative estimate of drug-likeness (QED) is 0.754. The third-order valence-corrected chi connectivity index (χ3v) is 2.29. The summed E-state index contributed by atoms with van der Waals surface area (Å²) in [5, 5.41) is 5.35. The lowest BCUT2D eigenvalue weighted by Gasteiger charge is -2.05. The Balaban J connectivity index is 1.77. The maximum absolute atomic E-state index is 11.5. The monoisotopic (exact) mass is 219 g/mol. The summed E-state index contributed by atoms with van der Waals surface area (Å²) >= 11 is 0. The van der Waals surface area contributed by atoms with Gasteiger partial charge >= 0.3 is 0 Å². The first kappa shape index (κ1) is 10.6. The molecule has 5 nitrogen and oxygen atoms in total. The molecule has 0 spiro atoms. The van der Waals surface area contributed by atoms with Crippen molar-refractivity contribution in [1.29, 1.82) is 0 Å². The first-order valence-electron chi connectivity index (χ1n) is 5.23. The average Bonchev–Trinajstić information content (AvgIpc) is 3.11. The lowest BCUT2D eigenvalue weighted by Crippen LogP contribution is -2.37. The molecule has 1 aliphatic carbocycles. The summed E-state index contributed by atoms with van der Waals surface area (Å²) in [5.74, 6) is -0.391. The van der Waals surface area contributed by atoms with Crippen molar-refractivity contribution in [1.82, 2.24) is 15.6 Å². The number of amides is 2. The zero-order valence-corrected chi connectivity index (χ0v) is 8.77. The molecule has 1 heterocycles. The van der Waals surface area contributed by atoms with Crippen molar-refractivity contribution in [3.8, 4) is 0 Å². The van der Waals surface area contributed by atoms with Crippen LogP contribution < -0.4 is 10.6 Å². The van der Waals surface area contributed by atoms with Crippen LogP contribution >= 0.6 is 0 Å². The van der Waals surface area contributed by atoms with Crippen LogP contribution in [-0.2, 0) is 4.79 Å². The Morgan fingerprint density at radius 3 is 2.62 bits per heavy atom. The van der Waals surface area contributed by atoms with Gasteiger partial charge in [-0.3, -0.25) is 14.6 Å². The Kier molecular flexibility index (Phi) is 3.14. The van der Waals surface area contributed by atoms with E-state index in [2.05, 4.69) is 15.6 Å². The maximum Gasteiger partial charge on any atom is 0.251 e. The van der Waals surface area contributed by atoms with E-state index in [1.54, 1.807) is 24.5 Å². The molecule has 0 unspecified atom stereocenters. The number of nitrogens with zero attached hydrogens (tertiary/aromatic N) is 1. The molecule has 0 bridgehead atoms. The number of carbonyl (C=O) groups excluding carboxylic acids is 2. The van der Waals surface area contributed by atoms with Gasteiger partial charge in [-0.15, -0.1) is 0 Å². The second-order valence-corrected chi connectivity index (χ2v) is 3.76. The van der Waals surface area contributed by atoms with E-state index in [0.29, 0.717) is 11.6 Å². The third kappa shape index (κ3) is 3.05. The fourth-order valence-corrected chi connectivity index (χ4v) is 1.27. The average molecular weight is 219 g/mol. The largest absolute Gasteiger partial charge is 0.352 e. The molecule has 84 valence electrons. The van der Waals surface area contributed by atoms with Gasteiger partial charge in [0.2, 0.25) is 5.91 Å². The van der Waals surface area contributed by atoms with Gasteiger partial charge in [0, 0.05) is 24.0 Å². The van der Waals surface area contributed by atoms with Crippen LogP contribution in [0.1, 0.15) is 23.2 Å². The van der Waals surface area contributed by atoms with Gasteiger partial charge in [-0.05, 0) is 25.0 Å². The Hall–Kier alpha value is -1.91. The molecule has 0 aromatic carbocycles. The number of pyridine rings is 1. The van der Waals surface area contributed by atoms with Crippen LogP contribution in [0.4, 0.5) is 0 Å². The summed E-state index contributed by atoms with van der Waals surface area (Å²) in [4.78, 5) is 26.6. The summed E-state index contributed by atoms with van der Waals surface area (Å²) in [6, 6.07) is 3.53. The topological polar surface area (TPSA) is 71.1 Å². The standard InChI is InChI=1S/C11H13N3O2/c15-10(14-9-1-2-9)7-13-11(16)8-3-5-12-6-4-8/h3-6,9H,1-2,7H2,(H,13,16)(H,14,15). The maximum atomic E-state index is 11.5. The molecule has 1 aromatic heterocycles. The van der Waals surface area contributed by atoms with Gasteiger partial charge in [-0.25, -0.2) is 0 Å². The lowest BCUT2D eigenvalue weighted by atomic mass is 10.2. The van der Waals surface area contributed by atoms with E-state index in [4.69, 9.17) is 0 Å². The van der Waals surface area contributed by atoms with Crippen molar-refractivity contribution in [3.63, 3.8) is 0 Å². The van der Waals surface area contributed by atoms with Gasteiger partial charge in [-0.1, -0.05) is 0 Å². The Morgan fingerprint density at radius 1 is 1.31 bits per heavy atom. The zero-order chi connectivity index (χ0) is 11.4. The molecule has 1 fully saturated rings. The smallest absolute Gasteiger partial charge is 0.251 e. The Morgan fingerprint density at radius 2 is 2.00 bits per heavy atom. The first-order chi connectivity index (χ1) is 7.75. The Labute approximate surface area is 93.3 Å². The second-order valence-electron chi connectivity index (χ2n) is 3.76. The minimum atomic E-state index is -0.256. The van der Waals surface area contributed by atoms with Gasteiger partial charge in [-0.2, -0.15) is 0 Å². The van der Waals surface area contributed by atoms with Gasteiger partial charge < -0.3 is 10.6 Å². The van der Waals surface area contributed by atoms with E-state index in [0.717, 1.165) is 12.8 Å². The summed E-state index contributed by atoms with van der Waals surface area (Å²) in [7, 11) is 0. The van der Waals surface area contributed by atoms with Gasteiger partial charge in [0.1, 0.15) is 0 Å². The fraction of sp³-hybridized carbons (Fsp3) is 0.364. The minimum absolute atomic E-state index is 0.0255. The number of carbonyl (C=O) groups is 2. The van der Waals surface area contributed by atoms with Crippen LogP contribution in [0.5, 0.6) is 0 Å². The molecule has 1 saturated carbocycles. The highest BCUT2D eigenvalue weighted by atomic mass is 16.2. The molecular formula is C11H13N3O2. The molecule has 0 saturated heterocycles. The fourth-order valence-electron chi connectivity index (χ4n) is 1.27. The molecule has 0 aliphatic heterocycles. The summed E-state index contributed by atoms with van der Waals surface area (Å²) < 4.78 is 0. The van der Waals surface area contributed by atoms with E-state index in [-0.39, 0.29) is 18.4 Å². The van der Waals surface area contributed by atoms with E-state index in [1.165, 1.54) is 0 Å². The van der Waals surface area contributed by atoms with E-state index in [1.807, 2.05) is 0 Å².